The molecule has 0 spiro atoms. The van der Waals surface area contributed by atoms with Gasteiger partial charge in [0, 0.05) is 25.2 Å². The van der Waals surface area contributed by atoms with E-state index in [2.05, 4.69) is 5.32 Å². The van der Waals surface area contributed by atoms with Gasteiger partial charge in [0.05, 0.1) is 24.5 Å². The summed E-state index contributed by atoms with van der Waals surface area (Å²) < 4.78 is 46.1. The lowest BCUT2D eigenvalue weighted by Gasteiger charge is -2.30. The fourth-order valence-electron chi connectivity index (χ4n) is 3.46. The number of carbonyl (C=O) groups is 1. The number of benzene rings is 1. The van der Waals surface area contributed by atoms with Crippen LogP contribution in [0.2, 0.25) is 0 Å². The summed E-state index contributed by atoms with van der Waals surface area (Å²) in [5, 5.41) is 2.51. The SMILES string of the molecule is Cc1cc(N2CCOCC2)cc(C(F)(F)F)c1NC(=O)CC1C=CCC1. The summed E-state index contributed by atoms with van der Waals surface area (Å²) in [5.74, 6) is -0.272. The Morgan fingerprint density at radius 2 is 2.04 bits per heavy atom. The maximum Gasteiger partial charge on any atom is 0.418 e. The Labute approximate surface area is 151 Å². The van der Waals surface area contributed by atoms with Crippen LogP contribution < -0.4 is 10.2 Å². The van der Waals surface area contributed by atoms with Gasteiger partial charge in [-0.2, -0.15) is 13.2 Å². The van der Waals surface area contributed by atoms with Crippen molar-refractivity contribution in [2.45, 2.75) is 32.4 Å². The molecule has 1 heterocycles. The quantitative estimate of drug-likeness (QED) is 0.812. The van der Waals surface area contributed by atoms with Crippen LogP contribution in [0.15, 0.2) is 24.3 Å². The summed E-state index contributed by atoms with van der Waals surface area (Å²) in [6.45, 7) is 3.69. The number of carbonyl (C=O) groups excluding carboxylic acids is 1. The van der Waals surface area contributed by atoms with Crippen molar-refractivity contribution < 1.29 is 22.7 Å². The third-order valence-corrected chi connectivity index (χ3v) is 4.83. The zero-order valence-corrected chi connectivity index (χ0v) is 14.7. The van der Waals surface area contributed by atoms with Gasteiger partial charge in [-0.05, 0) is 43.4 Å². The van der Waals surface area contributed by atoms with Gasteiger partial charge in [-0.1, -0.05) is 12.2 Å². The molecule has 1 aliphatic carbocycles. The predicted molar refractivity (Wildman–Crippen MR) is 94.3 cm³/mol. The Bertz CT molecular complexity index is 695. The first-order chi connectivity index (χ1) is 12.3. The van der Waals surface area contributed by atoms with Crippen LogP contribution in [0.3, 0.4) is 0 Å². The number of aryl methyl sites for hydroxylation is 1. The first-order valence-electron chi connectivity index (χ1n) is 8.85. The molecule has 1 atom stereocenters. The lowest BCUT2D eigenvalue weighted by molar-refractivity contribution is -0.137. The van der Waals surface area contributed by atoms with E-state index in [9.17, 15) is 18.0 Å². The molecule has 0 aromatic heterocycles. The minimum Gasteiger partial charge on any atom is -0.378 e. The Balaban J connectivity index is 1.85. The number of anilines is 2. The van der Waals surface area contributed by atoms with Crippen LogP contribution in [-0.4, -0.2) is 32.2 Å². The van der Waals surface area contributed by atoms with Crippen molar-refractivity contribution in [1.82, 2.24) is 0 Å². The van der Waals surface area contributed by atoms with E-state index < -0.39 is 11.7 Å². The normalized spacial score (nSPS) is 20.5. The number of hydrogen-bond donors (Lipinski definition) is 1. The first-order valence-corrected chi connectivity index (χ1v) is 8.85. The highest BCUT2D eigenvalue weighted by molar-refractivity contribution is 5.93. The number of alkyl halides is 3. The van der Waals surface area contributed by atoms with Crippen LogP contribution >= 0.6 is 0 Å². The topological polar surface area (TPSA) is 41.6 Å². The number of halogens is 3. The molecule has 1 fully saturated rings. The third-order valence-electron chi connectivity index (χ3n) is 4.83. The zero-order valence-electron chi connectivity index (χ0n) is 14.7. The van der Waals surface area contributed by atoms with Crippen molar-refractivity contribution in [1.29, 1.82) is 0 Å². The van der Waals surface area contributed by atoms with Crippen LogP contribution in [0.1, 0.15) is 30.4 Å². The van der Waals surface area contributed by atoms with Crippen molar-refractivity contribution >= 4 is 17.3 Å². The molecule has 3 rings (SSSR count). The number of nitrogens with zero attached hydrogens (tertiary/aromatic N) is 1. The number of allylic oxidation sites excluding steroid dienone is 2. The Morgan fingerprint density at radius 1 is 1.31 bits per heavy atom. The molecule has 1 saturated heterocycles. The summed E-state index contributed by atoms with van der Waals surface area (Å²) in [7, 11) is 0. The summed E-state index contributed by atoms with van der Waals surface area (Å²) in [6, 6.07) is 2.83. The molecule has 7 heteroatoms. The van der Waals surface area contributed by atoms with E-state index in [1.54, 1.807) is 13.0 Å². The van der Waals surface area contributed by atoms with E-state index in [1.165, 1.54) is 0 Å². The molecule has 1 aromatic rings. The van der Waals surface area contributed by atoms with Crippen LogP contribution in [-0.2, 0) is 15.7 Å². The Morgan fingerprint density at radius 3 is 2.65 bits per heavy atom. The predicted octanol–water partition coefficient (Wildman–Crippen LogP) is 4.15. The third kappa shape index (κ3) is 4.38. The molecule has 1 unspecified atom stereocenters. The van der Waals surface area contributed by atoms with Crippen LogP contribution in [0.4, 0.5) is 24.5 Å². The summed E-state index contributed by atoms with van der Waals surface area (Å²) in [4.78, 5) is 14.1. The van der Waals surface area contributed by atoms with Crippen LogP contribution in [0.25, 0.3) is 0 Å². The maximum absolute atomic E-state index is 13.6. The van der Waals surface area contributed by atoms with E-state index >= 15 is 0 Å². The van der Waals surface area contributed by atoms with E-state index in [1.807, 2.05) is 17.1 Å². The number of rotatable bonds is 4. The lowest BCUT2D eigenvalue weighted by Crippen LogP contribution is -2.36. The van der Waals surface area contributed by atoms with Gasteiger partial charge in [0.2, 0.25) is 5.91 Å². The maximum atomic E-state index is 13.6. The molecule has 0 radical (unpaired) electrons. The molecule has 1 N–H and O–H groups in total. The molecule has 1 aromatic carbocycles. The molecule has 1 amide bonds. The summed E-state index contributed by atoms with van der Waals surface area (Å²) in [6.07, 6.45) is 1.41. The molecular weight excluding hydrogens is 345 g/mol. The van der Waals surface area contributed by atoms with Crippen molar-refractivity contribution in [2.75, 3.05) is 36.5 Å². The van der Waals surface area contributed by atoms with Crippen molar-refractivity contribution in [2.24, 2.45) is 5.92 Å². The van der Waals surface area contributed by atoms with Gasteiger partial charge in [-0.3, -0.25) is 4.79 Å². The smallest absolute Gasteiger partial charge is 0.378 e. The fraction of sp³-hybridized carbons (Fsp3) is 0.526. The highest BCUT2D eigenvalue weighted by Gasteiger charge is 2.36. The lowest BCUT2D eigenvalue weighted by atomic mass is 10.0. The van der Waals surface area contributed by atoms with E-state index in [4.69, 9.17) is 4.74 Å². The van der Waals surface area contributed by atoms with Gasteiger partial charge in [0.15, 0.2) is 0 Å². The second-order valence-corrected chi connectivity index (χ2v) is 6.80. The first kappa shape index (κ1) is 18.8. The zero-order chi connectivity index (χ0) is 18.7. The monoisotopic (exact) mass is 368 g/mol. The minimum atomic E-state index is -4.54. The number of nitrogens with one attached hydrogen (secondary N) is 1. The van der Waals surface area contributed by atoms with Gasteiger partial charge in [0.25, 0.3) is 0 Å². The number of hydrogen-bond acceptors (Lipinski definition) is 3. The molecule has 4 nitrogen and oxygen atoms in total. The molecule has 142 valence electrons. The van der Waals surface area contributed by atoms with Crippen LogP contribution in [0, 0.1) is 12.8 Å². The van der Waals surface area contributed by atoms with Gasteiger partial charge >= 0.3 is 6.18 Å². The van der Waals surface area contributed by atoms with E-state index in [-0.39, 0.29) is 23.9 Å². The Hall–Kier alpha value is -2.02. The van der Waals surface area contributed by atoms with Gasteiger partial charge in [-0.25, -0.2) is 0 Å². The Kier molecular flexibility index (Phi) is 5.55. The van der Waals surface area contributed by atoms with Crippen molar-refractivity contribution in [3.63, 3.8) is 0 Å². The average molecular weight is 368 g/mol. The van der Waals surface area contributed by atoms with E-state index in [0.717, 1.165) is 18.9 Å². The second-order valence-electron chi connectivity index (χ2n) is 6.80. The summed E-state index contributed by atoms with van der Waals surface area (Å²) in [5.41, 5.74) is -0.0118. The molecular formula is C19H23F3N2O2. The molecule has 0 bridgehead atoms. The van der Waals surface area contributed by atoms with E-state index in [0.29, 0.717) is 37.6 Å². The van der Waals surface area contributed by atoms with Crippen LogP contribution in [0.5, 0.6) is 0 Å². The standard InChI is InChI=1S/C19H23F3N2O2/c1-13-10-15(24-6-8-26-9-7-24)12-16(19(20,21)22)18(13)23-17(25)11-14-4-2-3-5-14/h2,4,10,12,14H,3,5-9,11H2,1H3,(H,23,25). The number of morpholine rings is 1. The number of ether oxygens (including phenoxy) is 1. The van der Waals surface area contributed by atoms with Crippen molar-refractivity contribution in [3.05, 3.63) is 35.4 Å². The average Bonchev–Trinajstić information content (AvgIpc) is 3.09. The number of amides is 1. The molecule has 26 heavy (non-hydrogen) atoms. The van der Waals surface area contributed by atoms with Crippen molar-refractivity contribution in [3.8, 4) is 0 Å². The van der Waals surface area contributed by atoms with Gasteiger partial charge in [-0.15, -0.1) is 0 Å². The fourth-order valence-corrected chi connectivity index (χ4v) is 3.46. The van der Waals surface area contributed by atoms with Gasteiger partial charge in [0.1, 0.15) is 0 Å². The highest BCUT2D eigenvalue weighted by atomic mass is 19.4. The molecule has 0 saturated carbocycles. The molecule has 2 aliphatic rings. The highest BCUT2D eigenvalue weighted by Crippen LogP contribution is 2.40. The summed E-state index contributed by atoms with van der Waals surface area (Å²) >= 11 is 0. The minimum absolute atomic E-state index is 0.109. The largest absolute Gasteiger partial charge is 0.418 e. The van der Waals surface area contributed by atoms with Gasteiger partial charge < -0.3 is 15.0 Å². The second kappa shape index (κ2) is 7.70. The molecule has 1 aliphatic heterocycles.